The fourth-order valence-corrected chi connectivity index (χ4v) is 2.08. The summed E-state index contributed by atoms with van der Waals surface area (Å²) in [5, 5.41) is 12.7. The van der Waals surface area contributed by atoms with Gasteiger partial charge in [-0.3, -0.25) is 0 Å². The number of benzene rings is 1. The first-order valence-corrected chi connectivity index (χ1v) is 6.12. The second-order valence-corrected chi connectivity index (χ2v) is 4.37. The first-order valence-electron chi connectivity index (χ1n) is 6.12. The molecule has 0 fully saturated rings. The van der Waals surface area contributed by atoms with Gasteiger partial charge in [-0.1, -0.05) is 0 Å². The molecule has 3 rings (SSSR count). The second-order valence-electron chi connectivity index (χ2n) is 4.37. The number of rotatable bonds is 3. The average molecular weight is 266 g/mol. The van der Waals surface area contributed by atoms with Crippen LogP contribution in [-0.2, 0) is 6.54 Å². The Labute approximate surface area is 114 Å². The molecule has 2 aromatic heterocycles. The van der Waals surface area contributed by atoms with Crippen LogP contribution in [0.1, 0.15) is 11.1 Å². The molecule has 0 aliphatic rings. The smallest absolute Gasteiger partial charge is 0.147 e. The summed E-state index contributed by atoms with van der Waals surface area (Å²) in [6.45, 7) is 0.481. The molecule has 98 valence electrons. The zero-order chi connectivity index (χ0) is 13.9. The third-order valence-electron chi connectivity index (χ3n) is 3.10. The van der Waals surface area contributed by atoms with Gasteiger partial charge in [-0.05, 0) is 35.9 Å². The van der Waals surface area contributed by atoms with E-state index in [9.17, 15) is 4.39 Å². The minimum atomic E-state index is -0.429. The van der Waals surface area contributed by atoms with E-state index < -0.39 is 5.82 Å². The maximum Gasteiger partial charge on any atom is 0.147 e. The fraction of sp³-hybridized carbons (Fsp3) is 0.0667. The standard InChI is InChI=1S/C15H11FN4/c16-13-6-10(7-17)3-4-14(13)19-8-11-9-20-15-12(11)2-1-5-18-15/h1-6,9,19H,8H2,(H,18,20). The minimum Gasteiger partial charge on any atom is -0.379 e. The van der Waals surface area contributed by atoms with Crippen LogP contribution in [0.5, 0.6) is 0 Å². The number of fused-ring (bicyclic) bond motifs is 1. The molecule has 0 aliphatic carbocycles. The predicted octanol–water partition coefficient (Wildman–Crippen LogP) is 3.19. The molecular weight excluding hydrogens is 255 g/mol. The number of nitrogens with one attached hydrogen (secondary N) is 2. The molecule has 0 amide bonds. The first kappa shape index (κ1) is 12.2. The molecule has 0 spiro atoms. The Kier molecular flexibility index (Phi) is 3.05. The van der Waals surface area contributed by atoms with Gasteiger partial charge in [-0.25, -0.2) is 9.37 Å². The summed E-state index contributed by atoms with van der Waals surface area (Å²) in [6.07, 6.45) is 3.57. The molecule has 0 aliphatic heterocycles. The van der Waals surface area contributed by atoms with Crippen LogP contribution in [0.3, 0.4) is 0 Å². The largest absolute Gasteiger partial charge is 0.379 e. The van der Waals surface area contributed by atoms with Crippen LogP contribution in [-0.4, -0.2) is 9.97 Å². The van der Waals surface area contributed by atoms with Crippen molar-refractivity contribution in [3.05, 3.63) is 59.7 Å². The molecule has 2 heterocycles. The van der Waals surface area contributed by atoms with Gasteiger partial charge in [0.15, 0.2) is 0 Å². The molecule has 1 aromatic carbocycles. The number of halogens is 1. The van der Waals surface area contributed by atoms with E-state index in [2.05, 4.69) is 15.3 Å². The summed E-state index contributed by atoms with van der Waals surface area (Å²) in [7, 11) is 0. The van der Waals surface area contributed by atoms with E-state index in [0.29, 0.717) is 17.8 Å². The van der Waals surface area contributed by atoms with Gasteiger partial charge in [-0.2, -0.15) is 5.26 Å². The Morgan fingerprint density at radius 3 is 3.05 bits per heavy atom. The number of nitrogens with zero attached hydrogens (tertiary/aromatic N) is 2. The van der Waals surface area contributed by atoms with Crippen LogP contribution < -0.4 is 5.32 Å². The highest BCUT2D eigenvalue weighted by Crippen LogP contribution is 2.19. The number of nitriles is 1. The van der Waals surface area contributed by atoms with Gasteiger partial charge in [-0.15, -0.1) is 0 Å². The summed E-state index contributed by atoms with van der Waals surface area (Å²) in [5.74, 6) is -0.429. The molecule has 2 N–H and O–H groups in total. The van der Waals surface area contributed by atoms with Crippen molar-refractivity contribution < 1.29 is 4.39 Å². The average Bonchev–Trinajstić information content (AvgIpc) is 2.89. The third-order valence-corrected chi connectivity index (χ3v) is 3.10. The summed E-state index contributed by atoms with van der Waals surface area (Å²) in [5.41, 5.74) is 2.51. The van der Waals surface area contributed by atoms with Gasteiger partial charge < -0.3 is 10.3 Å². The number of hydrogen-bond donors (Lipinski definition) is 2. The predicted molar refractivity (Wildman–Crippen MR) is 74.5 cm³/mol. The normalized spacial score (nSPS) is 10.4. The second kappa shape index (κ2) is 5.02. The minimum absolute atomic E-state index is 0.310. The monoisotopic (exact) mass is 266 g/mol. The molecular formula is C15H11FN4. The van der Waals surface area contributed by atoms with Crippen molar-refractivity contribution in [1.29, 1.82) is 5.26 Å². The Morgan fingerprint density at radius 2 is 2.25 bits per heavy atom. The van der Waals surface area contributed by atoms with Crippen LogP contribution >= 0.6 is 0 Å². The number of aromatic amines is 1. The SMILES string of the molecule is N#Cc1ccc(NCc2c[nH]c3ncccc23)c(F)c1. The Balaban J connectivity index is 1.81. The van der Waals surface area contributed by atoms with Crippen molar-refractivity contribution >= 4 is 16.7 Å². The maximum atomic E-state index is 13.7. The Hall–Kier alpha value is -2.87. The molecule has 0 radical (unpaired) electrons. The van der Waals surface area contributed by atoms with Gasteiger partial charge in [0.25, 0.3) is 0 Å². The maximum absolute atomic E-state index is 13.7. The third kappa shape index (κ3) is 2.19. The molecule has 3 aromatic rings. The van der Waals surface area contributed by atoms with Gasteiger partial charge in [0.05, 0.1) is 17.3 Å². The quantitative estimate of drug-likeness (QED) is 0.765. The van der Waals surface area contributed by atoms with Gasteiger partial charge in [0, 0.05) is 24.3 Å². The van der Waals surface area contributed by atoms with Gasteiger partial charge in [0.2, 0.25) is 0 Å². The molecule has 5 heteroatoms. The van der Waals surface area contributed by atoms with E-state index in [1.807, 2.05) is 24.4 Å². The molecule has 0 bridgehead atoms. The Morgan fingerprint density at radius 1 is 1.35 bits per heavy atom. The lowest BCUT2D eigenvalue weighted by Crippen LogP contribution is -2.01. The summed E-state index contributed by atoms with van der Waals surface area (Å²) in [6, 6.07) is 10.1. The lowest BCUT2D eigenvalue weighted by molar-refractivity contribution is 0.629. The van der Waals surface area contributed by atoms with Crippen LogP contribution in [0.15, 0.2) is 42.7 Å². The van der Waals surface area contributed by atoms with Crippen molar-refractivity contribution in [3.63, 3.8) is 0 Å². The zero-order valence-electron chi connectivity index (χ0n) is 10.5. The van der Waals surface area contributed by atoms with Crippen molar-refractivity contribution in [2.24, 2.45) is 0 Å². The molecule has 4 nitrogen and oxygen atoms in total. The Bertz CT molecular complexity index is 801. The number of aromatic nitrogens is 2. The van der Waals surface area contributed by atoms with Crippen LogP contribution in [0, 0.1) is 17.1 Å². The number of anilines is 1. The van der Waals surface area contributed by atoms with E-state index in [4.69, 9.17) is 5.26 Å². The summed E-state index contributed by atoms with van der Waals surface area (Å²) < 4.78 is 13.7. The summed E-state index contributed by atoms with van der Waals surface area (Å²) in [4.78, 5) is 7.27. The van der Waals surface area contributed by atoms with Crippen molar-refractivity contribution in [2.45, 2.75) is 6.54 Å². The van der Waals surface area contributed by atoms with Crippen LogP contribution in [0.4, 0.5) is 10.1 Å². The highest BCUT2D eigenvalue weighted by Gasteiger charge is 2.06. The number of hydrogen-bond acceptors (Lipinski definition) is 3. The zero-order valence-corrected chi connectivity index (χ0v) is 10.5. The van der Waals surface area contributed by atoms with Gasteiger partial charge >= 0.3 is 0 Å². The first-order chi connectivity index (χ1) is 9.78. The van der Waals surface area contributed by atoms with Crippen LogP contribution in [0.2, 0.25) is 0 Å². The molecule has 0 unspecified atom stereocenters. The topological polar surface area (TPSA) is 64.5 Å². The molecule has 20 heavy (non-hydrogen) atoms. The number of H-pyrrole nitrogens is 1. The van der Waals surface area contributed by atoms with E-state index >= 15 is 0 Å². The van der Waals surface area contributed by atoms with E-state index in [1.54, 1.807) is 18.3 Å². The lowest BCUT2D eigenvalue weighted by Gasteiger charge is -2.07. The molecule has 0 saturated heterocycles. The van der Waals surface area contributed by atoms with E-state index in [-0.39, 0.29) is 0 Å². The highest BCUT2D eigenvalue weighted by atomic mass is 19.1. The van der Waals surface area contributed by atoms with Crippen molar-refractivity contribution in [3.8, 4) is 6.07 Å². The van der Waals surface area contributed by atoms with Crippen molar-refractivity contribution in [2.75, 3.05) is 5.32 Å². The van der Waals surface area contributed by atoms with Crippen LogP contribution in [0.25, 0.3) is 11.0 Å². The van der Waals surface area contributed by atoms with E-state index in [0.717, 1.165) is 16.6 Å². The highest BCUT2D eigenvalue weighted by molar-refractivity contribution is 5.79. The fourth-order valence-electron chi connectivity index (χ4n) is 2.08. The number of pyridine rings is 1. The summed E-state index contributed by atoms with van der Waals surface area (Å²) >= 11 is 0. The molecule has 0 saturated carbocycles. The van der Waals surface area contributed by atoms with Gasteiger partial charge in [0.1, 0.15) is 11.5 Å². The molecule has 0 atom stereocenters. The lowest BCUT2D eigenvalue weighted by atomic mass is 10.2. The van der Waals surface area contributed by atoms with Crippen molar-refractivity contribution in [1.82, 2.24) is 9.97 Å². The van der Waals surface area contributed by atoms with E-state index in [1.165, 1.54) is 6.07 Å².